The summed E-state index contributed by atoms with van der Waals surface area (Å²) in [5.41, 5.74) is -6.49. The second-order valence-electron chi connectivity index (χ2n) is 23.7. The number of hydrogen-bond acceptors (Lipinski definition) is 15. The molecule has 4 heterocycles. The maximum absolute atomic E-state index is 14.6. The molecule has 1 aromatic carbocycles. The van der Waals surface area contributed by atoms with Gasteiger partial charge in [-0.1, -0.05) is 0 Å². The lowest BCUT2D eigenvalue weighted by Gasteiger charge is -2.53. The number of carbonyl (C=O) groups is 4. The van der Waals surface area contributed by atoms with Gasteiger partial charge in [0.2, 0.25) is 0 Å². The van der Waals surface area contributed by atoms with E-state index >= 15 is 0 Å². The number of piperidine rings is 4. The molecule has 0 bridgehead atoms. The third-order valence-electron chi connectivity index (χ3n) is 14.2. The van der Waals surface area contributed by atoms with Crippen LogP contribution < -0.4 is 0 Å². The SMILES string of the molecule is CN1C(C)(C)CC(OC(=O)c2cc(C(=O)OC3CC(C)(C)N(O)C(C)(C)C3)c(C(=O)OC3CC(C)(C)N(O)C(C)(C)C3)cc2C(=O)OC2CC(C)(C)N(O)C(C)(C)C2)CC1(C)C. The van der Waals surface area contributed by atoms with Crippen molar-refractivity contribution >= 4 is 23.9 Å². The zero-order valence-corrected chi connectivity index (χ0v) is 40.5. The molecule has 4 saturated heterocycles. The molecule has 0 amide bonds. The molecule has 0 radical (unpaired) electrons. The Morgan fingerprint density at radius 2 is 0.548 bits per heavy atom. The highest BCUT2D eigenvalue weighted by Gasteiger charge is 2.50. The number of ether oxygens (including phenoxy) is 4. The van der Waals surface area contributed by atoms with Crippen LogP contribution in [0.2, 0.25) is 0 Å². The normalized spacial score (nSPS) is 26.6. The van der Waals surface area contributed by atoms with Crippen molar-refractivity contribution in [2.45, 2.75) is 231 Å². The smallest absolute Gasteiger partial charge is 0.339 e. The van der Waals surface area contributed by atoms with Crippen molar-refractivity contribution in [1.29, 1.82) is 0 Å². The van der Waals surface area contributed by atoms with Crippen LogP contribution in [0.15, 0.2) is 12.1 Å². The van der Waals surface area contributed by atoms with E-state index in [4.69, 9.17) is 18.9 Å². The van der Waals surface area contributed by atoms with Crippen molar-refractivity contribution in [2.24, 2.45) is 0 Å². The van der Waals surface area contributed by atoms with E-state index in [2.05, 4.69) is 32.6 Å². The van der Waals surface area contributed by atoms with Crippen LogP contribution in [0.3, 0.4) is 0 Å². The van der Waals surface area contributed by atoms with Crippen LogP contribution in [0.5, 0.6) is 0 Å². The largest absolute Gasteiger partial charge is 0.459 e. The zero-order valence-electron chi connectivity index (χ0n) is 40.5. The molecule has 5 rings (SSSR count). The van der Waals surface area contributed by atoms with Crippen LogP contribution in [-0.2, 0) is 18.9 Å². The van der Waals surface area contributed by atoms with Crippen LogP contribution >= 0.6 is 0 Å². The highest BCUT2D eigenvalue weighted by atomic mass is 16.6. The zero-order chi connectivity index (χ0) is 47.1. The molecular weight excluding hydrogens is 797 g/mol. The van der Waals surface area contributed by atoms with E-state index < -0.39 is 81.5 Å². The van der Waals surface area contributed by atoms with Crippen molar-refractivity contribution < 1.29 is 53.7 Å². The number of hydroxylamine groups is 6. The fraction of sp³-hybridized carbons (Fsp3) is 0.787. The van der Waals surface area contributed by atoms with E-state index in [-0.39, 0.29) is 71.9 Å². The van der Waals surface area contributed by atoms with Gasteiger partial charge in [0.05, 0.1) is 22.3 Å². The molecule has 0 spiro atoms. The van der Waals surface area contributed by atoms with Crippen molar-refractivity contribution in [2.75, 3.05) is 7.05 Å². The molecule has 4 aliphatic heterocycles. The summed E-state index contributed by atoms with van der Waals surface area (Å²) >= 11 is 0. The minimum atomic E-state index is -0.922. The molecule has 0 saturated carbocycles. The third kappa shape index (κ3) is 10.0. The summed E-state index contributed by atoms with van der Waals surface area (Å²) in [4.78, 5) is 60.6. The van der Waals surface area contributed by atoms with Crippen LogP contribution in [-0.4, -0.2) is 135 Å². The highest BCUT2D eigenvalue weighted by Crippen LogP contribution is 2.43. The van der Waals surface area contributed by atoms with Crippen molar-refractivity contribution in [3.63, 3.8) is 0 Å². The number of hydrogen-bond donors (Lipinski definition) is 3. The molecule has 350 valence electrons. The summed E-state index contributed by atoms with van der Waals surface area (Å²) in [7, 11) is 2.04. The topological polar surface area (TPSA) is 179 Å². The van der Waals surface area contributed by atoms with Crippen LogP contribution in [0.1, 0.15) is 204 Å². The number of rotatable bonds is 8. The number of likely N-dealkylation sites (tertiary alicyclic amines) is 1. The van der Waals surface area contributed by atoms with Crippen molar-refractivity contribution in [3.05, 3.63) is 34.4 Å². The molecule has 0 unspecified atom stereocenters. The molecule has 4 fully saturated rings. The molecule has 4 aliphatic rings. The van der Waals surface area contributed by atoms with Crippen molar-refractivity contribution in [1.82, 2.24) is 20.1 Å². The molecule has 62 heavy (non-hydrogen) atoms. The second-order valence-corrected chi connectivity index (χ2v) is 23.7. The first-order valence-corrected chi connectivity index (χ1v) is 22.2. The first-order chi connectivity index (χ1) is 27.9. The Bertz CT molecular complexity index is 1580. The fourth-order valence-corrected chi connectivity index (χ4v) is 11.3. The maximum atomic E-state index is 14.6. The summed E-state index contributed by atoms with van der Waals surface area (Å²) in [5.74, 6) is -3.62. The molecule has 15 heteroatoms. The minimum Gasteiger partial charge on any atom is -0.459 e. The van der Waals surface area contributed by atoms with Crippen molar-refractivity contribution in [3.8, 4) is 0 Å². The Hall–Kier alpha value is -3.18. The maximum Gasteiger partial charge on any atom is 0.339 e. The predicted octanol–water partition coefficient (Wildman–Crippen LogP) is 8.20. The van der Waals surface area contributed by atoms with Crippen LogP contribution in [0, 0.1) is 0 Å². The van der Waals surface area contributed by atoms with Gasteiger partial charge in [-0.3, -0.25) is 4.90 Å². The van der Waals surface area contributed by atoms with E-state index in [1.54, 1.807) is 0 Å². The van der Waals surface area contributed by atoms with E-state index in [1.807, 2.05) is 90.1 Å². The predicted molar refractivity (Wildman–Crippen MR) is 231 cm³/mol. The van der Waals surface area contributed by atoms with Gasteiger partial charge in [0.25, 0.3) is 0 Å². The lowest BCUT2D eigenvalue weighted by atomic mass is 9.78. The van der Waals surface area contributed by atoms with Gasteiger partial charge in [0.1, 0.15) is 24.4 Å². The van der Waals surface area contributed by atoms with Gasteiger partial charge in [-0.15, -0.1) is 0 Å². The average molecular weight is 873 g/mol. The molecule has 1 aromatic rings. The Morgan fingerprint density at radius 1 is 0.387 bits per heavy atom. The van der Waals surface area contributed by atoms with Gasteiger partial charge in [-0.2, -0.15) is 15.2 Å². The highest BCUT2D eigenvalue weighted by molar-refractivity contribution is 6.10. The Morgan fingerprint density at radius 3 is 0.726 bits per heavy atom. The summed E-state index contributed by atoms with van der Waals surface area (Å²) in [6.45, 7) is 30.4. The first kappa shape index (κ1) is 49.8. The Kier molecular flexibility index (Phi) is 13.1. The van der Waals surface area contributed by atoms with Crippen LogP contribution in [0.4, 0.5) is 0 Å². The lowest BCUT2D eigenvalue weighted by Crippen LogP contribution is -2.60. The Balaban J connectivity index is 1.63. The van der Waals surface area contributed by atoms with E-state index in [0.29, 0.717) is 12.8 Å². The molecule has 15 nitrogen and oxygen atoms in total. The lowest BCUT2D eigenvalue weighted by molar-refractivity contribution is -0.257. The van der Waals surface area contributed by atoms with E-state index in [0.717, 1.165) is 0 Å². The monoisotopic (exact) mass is 873 g/mol. The van der Waals surface area contributed by atoms with Gasteiger partial charge in [0.15, 0.2) is 0 Å². The van der Waals surface area contributed by atoms with Crippen LogP contribution in [0.25, 0.3) is 0 Å². The molecule has 3 N–H and O–H groups in total. The standard InChI is InChI=1S/C47H76N4O11/c1-40(2)20-28(21-41(3,4)48(40)17)59-36(52)32-18-34(38(54)61-30-24-44(9,10)50(57)45(11,12)25-30)35(39(55)62-31-26-46(13,14)51(58)47(15,16)27-31)19-33(32)37(53)60-29-22-42(5,6)49(56)43(7,8)23-29/h18-19,28-31,56-58H,20-27H2,1-17H3. The van der Waals surface area contributed by atoms with Gasteiger partial charge in [-0.25, -0.2) is 19.2 Å². The number of benzene rings is 1. The second kappa shape index (κ2) is 16.4. The molecule has 0 aliphatic carbocycles. The summed E-state index contributed by atoms with van der Waals surface area (Å²) in [5, 5.41) is 36.7. The summed E-state index contributed by atoms with van der Waals surface area (Å²) in [6, 6.07) is 2.37. The third-order valence-corrected chi connectivity index (χ3v) is 14.2. The van der Waals surface area contributed by atoms with Gasteiger partial charge < -0.3 is 34.6 Å². The molecular formula is C47H76N4O11. The van der Waals surface area contributed by atoms with Gasteiger partial charge >= 0.3 is 23.9 Å². The Labute approximate surface area is 369 Å². The van der Waals surface area contributed by atoms with Gasteiger partial charge in [0, 0.05) is 95.7 Å². The minimum absolute atomic E-state index is 0.264. The number of carbonyl (C=O) groups excluding carboxylic acids is 4. The molecule has 0 aromatic heterocycles. The quantitative estimate of drug-likeness (QED) is 0.168. The van der Waals surface area contributed by atoms with Gasteiger partial charge in [-0.05, 0) is 130 Å². The molecule has 0 atom stereocenters. The number of esters is 4. The fourth-order valence-electron chi connectivity index (χ4n) is 11.3. The van der Waals surface area contributed by atoms with E-state index in [9.17, 15) is 34.8 Å². The van der Waals surface area contributed by atoms with E-state index in [1.165, 1.54) is 27.3 Å². The summed E-state index contributed by atoms with van der Waals surface area (Å²) < 4.78 is 24.7. The number of nitrogens with zero attached hydrogens (tertiary/aromatic N) is 4. The first-order valence-electron chi connectivity index (χ1n) is 22.2. The average Bonchev–Trinajstić information content (AvgIpc) is 3.09. The summed E-state index contributed by atoms with van der Waals surface area (Å²) in [6.07, 6.45) is -0.0361.